The minimum atomic E-state index is -4.98. The maximum Gasteiger partial charge on any atom is 0.472 e. The van der Waals surface area contributed by atoms with Gasteiger partial charge in [-0.05, 0) is 148 Å². The number of esters is 4. The van der Waals surface area contributed by atoms with Crippen molar-refractivity contribution in [3.8, 4) is 0 Å². The van der Waals surface area contributed by atoms with Crippen molar-refractivity contribution in [2.24, 2.45) is 0 Å². The van der Waals surface area contributed by atoms with Crippen LogP contribution in [0.15, 0.2) is 109 Å². The molecule has 104 heavy (non-hydrogen) atoms. The molecule has 0 fully saturated rings. The van der Waals surface area contributed by atoms with E-state index in [-0.39, 0.29) is 25.7 Å². The largest absolute Gasteiger partial charge is 0.472 e. The first kappa shape index (κ1) is 99.7. The van der Waals surface area contributed by atoms with Gasteiger partial charge in [0.25, 0.3) is 0 Å². The highest BCUT2D eigenvalue weighted by atomic mass is 31.2. The predicted octanol–water partition coefficient (Wildman–Crippen LogP) is 24.1. The van der Waals surface area contributed by atoms with Gasteiger partial charge < -0.3 is 33.8 Å². The molecule has 0 heterocycles. The average molecular weight is 1500 g/mol. The monoisotopic (exact) mass is 1500 g/mol. The van der Waals surface area contributed by atoms with Crippen LogP contribution in [0.1, 0.15) is 349 Å². The zero-order chi connectivity index (χ0) is 76.0. The molecular formula is C85H148O17P2. The number of ether oxygens (including phenoxy) is 4. The normalized spacial score (nSPS) is 14.4. The number of hydrogen-bond acceptors (Lipinski definition) is 15. The van der Waals surface area contributed by atoms with E-state index in [1.165, 1.54) is 57.8 Å². The first-order chi connectivity index (χ1) is 50.7. The van der Waals surface area contributed by atoms with Crippen LogP contribution in [-0.4, -0.2) is 96.7 Å². The van der Waals surface area contributed by atoms with Crippen molar-refractivity contribution in [2.45, 2.75) is 367 Å². The van der Waals surface area contributed by atoms with Crippen LogP contribution >= 0.6 is 15.6 Å². The fraction of sp³-hybridized carbons (Fsp3) is 0.741. The number of phosphoric ester groups is 2. The molecule has 0 saturated carbocycles. The van der Waals surface area contributed by atoms with Crippen molar-refractivity contribution in [3.05, 3.63) is 109 Å². The Morgan fingerprint density at radius 1 is 0.279 bits per heavy atom. The van der Waals surface area contributed by atoms with Gasteiger partial charge in [0.05, 0.1) is 26.4 Å². The van der Waals surface area contributed by atoms with Gasteiger partial charge in [-0.2, -0.15) is 0 Å². The van der Waals surface area contributed by atoms with Crippen LogP contribution in [0.3, 0.4) is 0 Å². The van der Waals surface area contributed by atoms with Crippen molar-refractivity contribution in [1.29, 1.82) is 0 Å². The van der Waals surface area contributed by atoms with Crippen LogP contribution < -0.4 is 0 Å². The van der Waals surface area contributed by atoms with Gasteiger partial charge >= 0.3 is 39.5 Å². The van der Waals surface area contributed by atoms with Crippen LogP contribution in [0.2, 0.25) is 0 Å². The lowest BCUT2D eigenvalue weighted by Crippen LogP contribution is -2.30. The summed E-state index contributed by atoms with van der Waals surface area (Å²) >= 11 is 0. The number of phosphoric acid groups is 2. The molecule has 0 aliphatic carbocycles. The Morgan fingerprint density at radius 2 is 0.519 bits per heavy atom. The topological polar surface area (TPSA) is 237 Å². The summed E-state index contributed by atoms with van der Waals surface area (Å²) in [6.07, 6.45) is 83.4. The zero-order valence-electron chi connectivity index (χ0n) is 65.7. The lowest BCUT2D eigenvalue weighted by molar-refractivity contribution is -0.161. The second-order valence-corrected chi connectivity index (χ2v) is 30.2. The highest BCUT2D eigenvalue weighted by Gasteiger charge is 2.30. The fourth-order valence-electron chi connectivity index (χ4n) is 10.9. The van der Waals surface area contributed by atoms with Gasteiger partial charge in [-0.1, -0.05) is 285 Å². The molecule has 0 radical (unpaired) electrons. The third-order valence-corrected chi connectivity index (χ3v) is 19.1. The van der Waals surface area contributed by atoms with Crippen LogP contribution in [0.25, 0.3) is 0 Å². The number of carbonyl (C=O) groups excluding carboxylic acids is 4. The second kappa shape index (κ2) is 76.9. The van der Waals surface area contributed by atoms with Gasteiger partial charge in [0.1, 0.15) is 19.3 Å². The highest BCUT2D eigenvalue weighted by Crippen LogP contribution is 2.45. The Morgan fingerprint density at radius 3 is 0.837 bits per heavy atom. The van der Waals surface area contributed by atoms with E-state index in [9.17, 15) is 43.2 Å². The molecule has 0 aliphatic rings. The average Bonchev–Trinajstić information content (AvgIpc) is 0.918. The molecule has 0 rings (SSSR count). The van der Waals surface area contributed by atoms with Gasteiger partial charge in [-0.15, -0.1) is 0 Å². The maximum atomic E-state index is 13.1. The highest BCUT2D eigenvalue weighted by molar-refractivity contribution is 7.47. The van der Waals surface area contributed by atoms with E-state index in [0.29, 0.717) is 25.7 Å². The standard InChI is InChI=1S/C85H148O17P2/c1-5-9-13-17-21-25-29-33-36-38-39-41-44-47-50-54-58-62-66-70-83(88)96-76-81(102-85(90)72-68-64-60-56-52-48-42-35-31-27-23-19-15-11-7-3)78-100-104(93,94)98-74-79(86)73-97-103(91,92)99-77-80(101-84(89)71-67-63-59-55-51-45-32-28-24-20-16-12-8-4)75-95-82(87)69-65-61-57-53-49-46-43-40-37-34-30-26-22-18-14-10-6-2/h10,14,16,20-22,25-26,28,32-37,39,41-42,79-81,86H,5-9,11-13,15,17-19,23-24,27,29-31,38,40,43-78H2,1-4H3,(H,91,92)(H,93,94)/b14-10-,20-16-,25-21-,26-22-,32-28-,36-33-,37-34-,41-39-,42-35-. The third-order valence-electron chi connectivity index (χ3n) is 17.2. The Kier molecular flexibility index (Phi) is 73.7. The molecule has 17 nitrogen and oxygen atoms in total. The second-order valence-electron chi connectivity index (χ2n) is 27.3. The molecule has 5 unspecified atom stereocenters. The van der Waals surface area contributed by atoms with E-state index >= 15 is 0 Å². The molecule has 0 aromatic rings. The summed E-state index contributed by atoms with van der Waals surface area (Å²) in [5, 5.41) is 10.6. The predicted molar refractivity (Wildman–Crippen MR) is 427 cm³/mol. The first-order valence-electron chi connectivity index (χ1n) is 41.1. The molecule has 3 N–H and O–H groups in total. The van der Waals surface area contributed by atoms with Crippen molar-refractivity contribution in [1.82, 2.24) is 0 Å². The van der Waals surface area contributed by atoms with Crippen LogP contribution in [0.5, 0.6) is 0 Å². The zero-order valence-corrected chi connectivity index (χ0v) is 67.5. The van der Waals surface area contributed by atoms with E-state index in [2.05, 4.69) is 137 Å². The number of allylic oxidation sites excluding steroid dienone is 18. The van der Waals surface area contributed by atoms with Crippen LogP contribution in [0, 0.1) is 0 Å². The first-order valence-corrected chi connectivity index (χ1v) is 44.1. The molecule has 0 saturated heterocycles. The van der Waals surface area contributed by atoms with E-state index in [0.717, 1.165) is 212 Å². The van der Waals surface area contributed by atoms with Crippen molar-refractivity contribution in [2.75, 3.05) is 39.6 Å². The third kappa shape index (κ3) is 75.9. The minimum absolute atomic E-state index is 0.0755. The quantitative estimate of drug-likeness (QED) is 0.0169. The summed E-state index contributed by atoms with van der Waals surface area (Å²) in [6, 6.07) is 0. The Hall–Kier alpha value is -4.28. The smallest absolute Gasteiger partial charge is 0.462 e. The van der Waals surface area contributed by atoms with Crippen molar-refractivity contribution in [3.63, 3.8) is 0 Å². The number of aliphatic hydroxyl groups excluding tert-OH is 1. The van der Waals surface area contributed by atoms with Gasteiger partial charge in [0.15, 0.2) is 12.2 Å². The summed E-state index contributed by atoms with van der Waals surface area (Å²) in [6.45, 7) is 4.66. The number of hydrogen-bond donors (Lipinski definition) is 3. The molecule has 0 aromatic carbocycles. The number of carbonyl (C=O) groups is 4. The number of aliphatic hydroxyl groups is 1. The van der Waals surface area contributed by atoms with Crippen LogP contribution in [-0.2, 0) is 65.4 Å². The summed E-state index contributed by atoms with van der Waals surface area (Å²) in [7, 11) is -9.97. The molecule has 0 aliphatic heterocycles. The lowest BCUT2D eigenvalue weighted by atomic mass is 10.1. The maximum absolute atomic E-state index is 13.1. The van der Waals surface area contributed by atoms with Crippen LogP contribution in [0.4, 0.5) is 0 Å². The van der Waals surface area contributed by atoms with Crippen molar-refractivity contribution >= 4 is 39.5 Å². The molecule has 0 aromatic heterocycles. The van der Waals surface area contributed by atoms with Crippen molar-refractivity contribution < 1.29 is 80.2 Å². The fourth-order valence-corrected chi connectivity index (χ4v) is 12.5. The molecule has 19 heteroatoms. The van der Waals surface area contributed by atoms with Gasteiger partial charge in [-0.25, -0.2) is 9.13 Å². The number of rotatable bonds is 77. The summed E-state index contributed by atoms with van der Waals surface area (Å²) in [4.78, 5) is 73.1. The summed E-state index contributed by atoms with van der Waals surface area (Å²) in [5.74, 6) is -2.21. The minimum Gasteiger partial charge on any atom is -0.462 e. The Labute approximate surface area is 632 Å². The van der Waals surface area contributed by atoms with E-state index in [1.807, 2.05) is 0 Å². The molecular weight excluding hydrogens is 1350 g/mol. The SMILES string of the molecule is CC/C=C\C/C=C\C/C=C\CCCCCCCCCC(=O)OCC(COP(=O)(O)OCC(O)COP(=O)(O)OCC(COC(=O)CCCCCCCC/C=C\C/C=C\C/C=C\CCCCC)OC(=O)CCCCCCC/C=C\CCCCCCCC)OC(=O)CCCCCCC/C=C\C/C=C\CCC. The lowest BCUT2D eigenvalue weighted by Gasteiger charge is -2.21. The molecule has 0 amide bonds. The Bertz CT molecular complexity index is 2390. The summed E-state index contributed by atoms with van der Waals surface area (Å²) in [5.41, 5.74) is 0. The Balaban J connectivity index is 5.36. The van der Waals surface area contributed by atoms with E-state index < -0.39 is 97.5 Å². The molecule has 0 spiro atoms. The molecule has 5 atom stereocenters. The van der Waals surface area contributed by atoms with Gasteiger partial charge in [-0.3, -0.25) is 37.3 Å². The molecule has 0 bridgehead atoms. The van der Waals surface area contributed by atoms with E-state index in [4.69, 9.17) is 37.0 Å². The molecule has 600 valence electrons. The number of unbranched alkanes of at least 4 members (excludes halogenated alkanes) is 33. The summed E-state index contributed by atoms with van der Waals surface area (Å²) < 4.78 is 68.7. The van der Waals surface area contributed by atoms with Gasteiger partial charge in [0.2, 0.25) is 0 Å². The van der Waals surface area contributed by atoms with E-state index in [1.54, 1.807) is 0 Å². The van der Waals surface area contributed by atoms with Gasteiger partial charge in [0, 0.05) is 25.7 Å².